The minimum Gasteiger partial charge on any atom is -0.497 e. The second-order valence-corrected chi connectivity index (χ2v) is 8.91. The predicted molar refractivity (Wildman–Crippen MR) is 130 cm³/mol. The van der Waals surface area contributed by atoms with Crippen molar-refractivity contribution in [1.29, 1.82) is 0 Å². The molecule has 0 aliphatic heterocycles. The van der Waals surface area contributed by atoms with E-state index in [1.165, 1.54) is 88.4 Å². The van der Waals surface area contributed by atoms with Gasteiger partial charge in [0, 0.05) is 18.8 Å². The number of methoxy groups -OCH3 is 1. The molecule has 0 fully saturated rings. The first-order valence-electron chi connectivity index (χ1n) is 12.1. The van der Waals surface area contributed by atoms with Crippen molar-refractivity contribution in [2.45, 2.75) is 98.3 Å². The number of benzene rings is 1. The molecule has 0 bridgehead atoms. The largest absolute Gasteiger partial charge is 0.497 e. The Morgan fingerprint density at radius 2 is 1.52 bits per heavy atom. The van der Waals surface area contributed by atoms with Crippen LogP contribution in [0.25, 0.3) is 0 Å². The van der Waals surface area contributed by atoms with Gasteiger partial charge < -0.3 is 9.64 Å². The molecule has 0 N–H and O–H groups in total. The van der Waals surface area contributed by atoms with Crippen LogP contribution in [0.3, 0.4) is 0 Å². The second kappa shape index (κ2) is 16.4. The molecule has 0 heterocycles. The van der Waals surface area contributed by atoms with Gasteiger partial charge in [-0.2, -0.15) is 0 Å². The van der Waals surface area contributed by atoms with Crippen LogP contribution in [0.5, 0.6) is 5.75 Å². The molecule has 0 spiro atoms. The van der Waals surface area contributed by atoms with Crippen molar-refractivity contribution in [1.82, 2.24) is 0 Å². The maximum atomic E-state index is 5.34. The molecule has 1 aromatic rings. The Kier molecular flexibility index (Phi) is 14.4. The van der Waals surface area contributed by atoms with E-state index in [0.29, 0.717) is 0 Å². The van der Waals surface area contributed by atoms with Gasteiger partial charge in [0.1, 0.15) is 5.75 Å². The van der Waals surface area contributed by atoms with Crippen molar-refractivity contribution in [3.8, 4) is 5.75 Å². The summed E-state index contributed by atoms with van der Waals surface area (Å²) in [7, 11) is 1.74. The standard InChI is InChI=1S/C27H47NO/c1-6-7-8-9-10-11-12-13-22-28(26-17-19-27(29-5)20-18-26)23-21-25(4)16-14-15-24(2)3/h15,17-20,25H,6-14,16,21-23H2,1-5H3. The number of ether oxygens (including phenoxy) is 1. The molecule has 0 saturated carbocycles. The summed E-state index contributed by atoms with van der Waals surface area (Å²) in [6.45, 7) is 11.4. The average molecular weight is 402 g/mol. The summed E-state index contributed by atoms with van der Waals surface area (Å²) < 4.78 is 5.34. The number of hydrogen-bond donors (Lipinski definition) is 0. The number of nitrogens with zero attached hydrogens (tertiary/aromatic N) is 1. The molecule has 166 valence electrons. The Bertz CT molecular complexity index is 530. The highest BCUT2D eigenvalue weighted by atomic mass is 16.5. The lowest BCUT2D eigenvalue weighted by atomic mass is 10.0. The fourth-order valence-electron chi connectivity index (χ4n) is 3.78. The summed E-state index contributed by atoms with van der Waals surface area (Å²) in [5.41, 5.74) is 2.77. The van der Waals surface area contributed by atoms with Gasteiger partial charge in [-0.25, -0.2) is 0 Å². The van der Waals surface area contributed by atoms with Crippen LogP contribution in [0, 0.1) is 5.92 Å². The third kappa shape index (κ3) is 12.7. The molecule has 0 radical (unpaired) electrons. The maximum Gasteiger partial charge on any atom is 0.119 e. The van der Waals surface area contributed by atoms with E-state index in [9.17, 15) is 0 Å². The van der Waals surface area contributed by atoms with Gasteiger partial charge in [0.05, 0.1) is 7.11 Å². The van der Waals surface area contributed by atoms with Gasteiger partial charge in [-0.3, -0.25) is 0 Å². The fraction of sp³-hybridized carbons (Fsp3) is 0.704. The van der Waals surface area contributed by atoms with Crippen molar-refractivity contribution < 1.29 is 4.74 Å². The van der Waals surface area contributed by atoms with Gasteiger partial charge in [0.15, 0.2) is 0 Å². The summed E-state index contributed by atoms with van der Waals surface area (Å²) >= 11 is 0. The third-order valence-electron chi connectivity index (χ3n) is 5.82. The van der Waals surface area contributed by atoms with Crippen molar-refractivity contribution in [2.24, 2.45) is 5.92 Å². The molecular formula is C27H47NO. The lowest BCUT2D eigenvalue weighted by Gasteiger charge is -2.26. The van der Waals surface area contributed by atoms with E-state index >= 15 is 0 Å². The molecule has 0 amide bonds. The molecule has 29 heavy (non-hydrogen) atoms. The Hall–Kier alpha value is -1.44. The Morgan fingerprint density at radius 3 is 2.10 bits per heavy atom. The quantitative estimate of drug-likeness (QED) is 0.192. The van der Waals surface area contributed by atoms with E-state index in [1.807, 2.05) is 0 Å². The van der Waals surface area contributed by atoms with E-state index in [2.05, 4.69) is 62.9 Å². The third-order valence-corrected chi connectivity index (χ3v) is 5.82. The Balaban J connectivity index is 2.45. The first-order valence-corrected chi connectivity index (χ1v) is 12.1. The van der Waals surface area contributed by atoms with Crippen LogP contribution in [0.1, 0.15) is 98.3 Å². The van der Waals surface area contributed by atoms with E-state index in [4.69, 9.17) is 4.74 Å². The monoisotopic (exact) mass is 401 g/mol. The summed E-state index contributed by atoms with van der Waals surface area (Å²) in [4.78, 5) is 2.59. The molecule has 1 unspecified atom stereocenters. The van der Waals surface area contributed by atoms with Crippen LogP contribution < -0.4 is 9.64 Å². The smallest absolute Gasteiger partial charge is 0.119 e. The second-order valence-electron chi connectivity index (χ2n) is 8.91. The predicted octanol–water partition coefficient (Wildman–Crippen LogP) is 8.41. The Labute approximate surface area is 181 Å². The van der Waals surface area contributed by atoms with Gasteiger partial charge in [-0.15, -0.1) is 0 Å². The van der Waals surface area contributed by atoms with Crippen molar-refractivity contribution in [3.05, 3.63) is 35.9 Å². The minimum atomic E-state index is 0.768. The van der Waals surface area contributed by atoms with Crippen LogP contribution in [0.15, 0.2) is 35.9 Å². The van der Waals surface area contributed by atoms with Gasteiger partial charge in [0.25, 0.3) is 0 Å². The number of unbranched alkanes of at least 4 members (excludes halogenated alkanes) is 7. The van der Waals surface area contributed by atoms with Crippen LogP contribution in [0.2, 0.25) is 0 Å². The van der Waals surface area contributed by atoms with Gasteiger partial charge >= 0.3 is 0 Å². The van der Waals surface area contributed by atoms with Crippen LogP contribution in [0.4, 0.5) is 5.69 Å². The van der Waals surface area contributed by atoms with Gasteiger partial charge in [-0.05, 0) is 69.7 Å². The van der Waals surface area contributed by atoms with E-state index < -0.39 is 0 Å². The zero-order chi connectivity index (χ0) is 21.3. The molecule has 1 aromatic carbocycles. The number of anilines is 1. The Morgan fingerprint density at radius 1 is 0.897 bits per heavy atom. The molecular weight excluding hydrogens is 354 g/mol. The zero-order valence-electron chi connectivity index (χ0n) is 20.0. The van der Waals surface area contributed by atoms with Crippen LogP contribution in [-0.4, -0.2) is 20.2 Å². The molecule has 1 rings (SSSR count). The summed E-state index contributed by atoms with van der Waals surface area (Å²) in [5, 5.41) is 0. The maximum absolute atomic E-state index is 5.34. The highest BCUT2D eigenvalue weighted by Gasteiger charge is 2.09. The van der Waals surface area contributed by atoms with Gasteiger partial charge in [0.2, 0.25) is 0 Å². The van der Waals surface area contributed by atoms with E-state index in [-0.39, 0.29) is 0 Å². The minimum absolute atomic E-state index is 0.768. The van der Waals surface area contributed by atoms with E-state index in [0.717, 1.165) is 18.2 Å². The highest BCUT2D eigenvalue weighted by Crippen LogP contribution is 2.22. The normalized spacial score (nSPS) is 11.9. The van der Waals surface area contributed by atoms with Crippen LogP contribution in [-0.2, 0) is 0 Å². The topological polar surface area (TPSA) is 12.5 Å². The van der Waals surface area contributed by atoms with Crippen molar-refractivity contribution >= 4 is 5.69 Å². The number of hydrogen-bond acceptors (Lipinski definition) is 2. The highest BCUT2D eigenvalue weighted by molar-refractivity contribution is 5.49. The first kappa shape index (κ1) is 25.6. The molecule has 1 atom stereocenters. The lowest BCUT2D eigenvalue weighted by Crippen LogP contribution is -2.27. The molecule has 2 nitrogen and oxygen atoms in total. The molecule has 2 heteroatoms. The SMILES string of the molecule is CCCCCCCCCCN(CCC(C)CCC=C(C)C)c1ccc(OC)cc1. The number of allylic oxidation sites excluding steroid dienone is 2. The summed E-state index contributed by atoms with van der Waals surface area (Å²) in [6.07, 6.45) is 17.2. The molecule has 0 aliphatic carbocycles. The molecule has 0 saturated heterocycles. The molecule has 0 aliphatic rings. The molecule has 0 aromatic heterocycles. The average Bonchev–Trinajstić information content (AvgIpc) is 2.72. The van der Waals surface area contributed by atoms with Crippen molar-refractivity contribution in [2.75, 3.05) is 25.1 Å². The fourth-order valence-corrected chi connectivity index (χ4v) is 3.78. The van der Waals surface area contributed by atoms with Crippen molar-refractivity contribution in [3.63, 3.8) is 0 Å². The number of rotatable bonds is 17. The zero-order valence-corrected chi connectivity index (χ0v) is 20.0. The lowest BCUT2D eigenvalue weighted by molar-refractivity contribution is 0.414. The van der Waals surface area contributed by atoms with Gasteiger partial charge in [-0.1, -0.05) is 70.4 Å². The summed E-state index contributed by atoms with van der Waals surface area (Å²) in [5.74, 6) is 1.71. The summed E-state index contributed by atoms with van der Waals surface area (Å²) in [6, 6.07) is 8.62. The van der Waals surface area contributed by atoms with E-state index in [1.54, 1.807) is 7.11 Å². The van der Waals surface area contributed by atoms with Crippen LogP contribution >= 0.6 is 0 Å². The first-order chi connectivity index (χ1) is 14.1.